The summed E-state index contributed by atoms with van der Waals surface area (Å²) in [5.41, 5.74) is 0.969. The van der Waals surface area contributed by atoms with Gasteiger partial charge in [0.15, 0.2) is 0 Å². The number of rotatable bonds is 6. The van der Waals surface area contributed by atoms with Crippen LogP contribution in [-0.2, 0) is 20.9 Å². The molecule has 0 aliphatic heterocycles. The fourth-order valence-corrected chi connectivity index (χ4v) is 2.77. The highest BCUT2D eigenvalue weighted by Gasteiger charge is 2.33. The van der Waals surface area contributed by atoms with Crippen molar-refractivity contribution in [2.45, 2.75) is 38.8 Å². The number of amides is 1. The first-order valence-electron chi connectivity index (χ1n) is 7.63. The molecule has 1 aromatic carbocycles. The van der Waals surface area contributed by atoms with Crippen molar-refractivity contribution in [1.82, 2.24) is 5.32 Å². The number of hydrogen-bond donors (Lipinski definition) is 1. The number of esters is 1. The Morgan fingerprint density at radius 1 is 1.27 bits per heavy atom. The number of hydrogen-bond acceptors (Lipinski definition) is 4. The topological polar surface area (TPSA) is 64.6 Å². The molecule has 1 fully saturated rings. The Balaban J connectivity index is 1.61. The first-order valence-corrected chi connectivity index (χ1v) is 7.63. The second-order valence-electron chi connectivity index (χ2n) is 5.90. The summed E-state index contributed by atoms with van der Waals surface area (Å²) in [6.45, 7) is 2.16. The monoisotopic (exact) mass is 305 g/mol. The summed E-state index contributed by atoms with van der Waals surface area (Å²) in [7, 11) is 1.41. The average Bonchev–Trinajstić information content (AvgIpc) is 2.50. The van der Waals surface area contributed by atoms with E-state index in [1.54, 1.807) is 0 Å². The van der Waals surface area contributed by atoms with Crippen molar-refractivity contribution in [2.75, 3.05) is 7.11 Å². The predicted molar refractivity (Wildman–Crippen MR) is 82.1 cm³/mol. The molecule has 0 unspecified atom stereocenters. The number of alkyl carbamates (subject to hydrolysis) is 1. The Bertz CT molecular complexity index is 497. The van der Waals surface area contributed by atoms with Crippen LogP contribution in [0, 0.1) is 11.8 Å². The lowest BCUT2D eigenvalue weighted by molar-refractivity contribution is -0.145. The third-order valence-electron chi connectivity index (χ3n) is 4.06. The Labute approximate surface area is 131 Å². The van der Waals surface area contributed by atoms with E-state index in [1.807, 2.05) is 37.3 Å². The van der Waals surface area contributed by atoms with E-state index >= 15 is 0 Å². The number of ether oxygens (including phenoxy) is 2. The summed E-state index contributed by atoms with van der Waals surface area (Å²) in [4.78, 5) is 23.1. The first kappa shape index (κ1) is 16.3. The van der Waals surface area contributed by atoms with Crippen LogP contribution < -0.4 is 5.32 Å². The summed E-state index contributed by atoms with van der Waals surface area (Å²) >= 11 is 0. The minimum atomic E-state index is -0.381. The van der Waals surface area contributed by atoms with Gasteiger partial charge in [-0.3, -0.25) is 4.79 Å². The number of nitrogens with one attached hydrogen (secondary N) is 1. The Kier molecular flexibility index (Phi) is 5.81. The molecule has 1 aromatic rings. The third-order valence-corrected chi connectivity index (χ3v) is 4.06. The van der Waals surface area contributed by atoms with Crippen molar-refractivity contribution in [3.63, 3.8) is 0 Å². The Hall–Kier alpha value is -2.04. The van der Waals surface area contributed by atoms with Gasteiger partial charge in [-0.25, -0.2) is 4.79 Å². The summed E-state index contributed by atoms with van der Waals surface area (Å²) in [6, 6.07) is 9.73. The van der Waals surface area contributed by atoms with Crippen LogP contribution in [0.4, 0.5) is 4.79 Å². The van der Waals surface area contributed by atoms with Crippen molar-refractivity contribution < 1.29 is 19.1 Å². The molecule has 1 amide bonds. The Morgan fingerprint density at radius 3 is 2.59 bits per heavy atom. The molecule has 0 saturated heterocycles. The van der Waals surface area contributed by atoms with Gasteiger partial charge in [0.05, 0.1) is 13.0 Å². The van der Waals surface area contributed by atoms with Crippen molar-refractivity contribution in [1.29, 1.82) is 0 Å². The molecule has 5 heteroatoms. The van der Waals surface area contributed by atoms with Crippen LogP contribution in [-0.4, -0.2) is 25.2 Å². The zero-order chi connectivity index (χ0) is 15.9. The minimum Gasteiger partial charge on any atom is -0.469 e. The molecule has 0 radical (unpaired) electrons. The molecule has 0 heterocycles. The first-order chi connectivity index (χ1) is 10.6. The van der Waals surface area contributed by atoms with E-state index in [0.717, 1.165) is 24.8 Å². The van der Waals surface area contributed by atoms with E-state index in [4.69, 9.17) is 9.47 Å². The number of carbonyl (C=O) groups is 2. The molecule has 0 aromatic heterocycles. The molecule has 5 nitrogen and oxygen atoms in total. The van der Waals surface area contributed by atoms with E-state index in [1.165, 1.54) is 7.11 Å². The normalized spacial score (nSPS) is 21.4. The molecule has 1 aliphatic rings. The number of carbonyl (C=O) groups excluding carboxylic acids is 2. The minimum absolute atomic E-state index is 0.0824. The molecular weight excluding hydrogens is 282 g/mol. The van der Waals surface area contributed by atoms with Crippen LogP contribution in [0.25, 0.3) is 0 Å². The molecule has 120 valence electrons. The summed E-state index contributed by atoms with van der Waals surface area (Å²) < 4.78 is 9.90. The maximum absolute atomic E-state index is 11.7. The van der Waals surface area contributed by atoms with Gasteiger partial charge in [-0.1, -0.05) is 37.3 Å². The molecule has 0 spiro atoms. The number of methoxy groups -OCH3 is 1. The van der Waals surface area contributed by atoms with Crippen LogP contribution in [0.1, 0.15) is 31.7 Å². The average molecular weight is 305 g/mol. The SMILES string of the molecule is COC(=O)[C@@H](C)CC1CC(NC(=O)OCc2ccccc2)C1. The van der Waals surface area contributed by atoms with E-state index in [-0.39, 0.29) is 30.6 Å². The predicted octanol–water partition coefficient (Wildman–Crippen LogP) is 2.89. The summed E-state index contributed by atoms with van der Waals surface area (Å²) in [5.74, 6) is 0.216. The van der Waals surface area contributed by atoms with Gasteiger partial charge in [-0.15, -0.1) is 0 Å². The van der Waals surface area contributed by atoms with Gasteiger partial charge in [0.25, 0.3) is 0 Å². The highest BCUT2D eigenvalue weighted by molar-refractivity contribution is 5.71. The lowest BCUT2D eigenvalue weighted by Crippen LogP contribution is -2.45. The van der Waals surface area contributed by atoms with E-state index in [9.17, 15) is 9.59 Å². The highest BCUT2D eigenvalue weighted by Crippen LogP contribution is 2.33. The Morgan fingerprint density at radius 2 is 1.95 bits per heavy atom. The molecule has 2 rings (SSSR count). The third kappa shape index (κ3) is 4.76. The van der Waals surface area contributed by atoms with E-state index < -0.39 is 0 Å². The standard InChI is InChI=1S/C17H23NO4/c1-12(16(19)21-2)8-14-9-15(10-14)18-17(20)22-11-13-6-4-3-5-7-13/h3-7,12,14-15H,8-11H2,1-2H3,(H,18,20)/t12-,14?,15?/m0/s1. The van der Waals surface area contributed by atoms with E-state index in [0.29, 0.717) is 5.92 Å². The maximum atomic E-state index is 11.7. The molecule has 22 heavy (non-hydrogen) atoms. The smallest absolute Gasteiger partial charge is 0.407 e. The molecule has 1 atom stereocenters. The molecule has 0 bridgehead atoms. The lowest BCUT2D eigenvalue weighted by Gasteiger charge is -2.36. The van der Waals surface area contributed by atoms with Crippen LogP contribution in [0.15, 0.2) is 30.3 Å². The number of benzene rings is 1. The van der Waals surface area contributed by atoms with Crippen molar-refractivity contribution in [3.05, 3.63) is 35.9 Å². The summed E-state index contributed by atoms with van der Waals surface area (Å²) in [6.07, 6.45) is 2.21. The zero-order valence-electron chi connectivity index (χ0n) is 13.1. The quantitative estimate of drug-likeness (QED) is 0.821. The zero-order valence-corrected chi connectivity index (χ0v) is 13.1. The van der Waals surface area contributed by atoms with Crippen LogP contribution in [0.2, 0.25) is 0 Å². The van der Waals surface area contributed by atoms with Crippen LogP contribution in [0.3, 0.4) is 0 Å². The van der Waals surface area contributed by atoms with Crippen molar-refractivity contribution >= 4 is 12.1 Å². The van der Waals surface area contributed by atoms with Gasteiger partial charge < -0.3 is 14.8 Å². The van der Waals surface area contributed by atoms with Gasteiger partial charge in [-0.2, -0.15) is 0 Å². The second kappa shape index (κ2) is 7.82. The van der Waals surface area contributed by atoms with E-state index in [2.05, 4.69) is 5.32 Å². The van der Waals surface area contributed by atoms with Crippen molar-refractivity contribution in [2.24, 2.45) is 11.8 Å². The summed E-state index contributed by atoms with van der Waals surface area (Å²) in [5, 5.41) is 2.86. The fraction of sp³-hybridized carbons (Fsp3) is 0.529. The molecule has 1 aliphatic carbocycles. The van der Waals surface area contributed by atoms with Gasteiger partial charge in [0.2, 0.25) is 0 Å². The van der Waals surface area contributed by atoms with Gasteiger partial charge in [-0.05, 0) is 30.7 Å². The maximum Gasteiger partial charge on any atom is 0.407 e. The van der Waals surface area contributed by atoms with Crippen molar-refractivity contribution in [3.8, 4) is 0 Å². The highest BCUT2D eigenvalue weighted by atomic mass is 16.5. The molecular formula is C17H23NO4. The largest absolute Gasteiger partial charge is 0.469 e. The van der Waals surface area contributed by atoms with Gasteiger partial charge in [0.1, 0.15) is 6.61 Å². The van der Waals surface area contributed by atoms with Gasteiger partial charge in [0, 0.05) is 6.04 Å². The lowest BCUT2D eigenvalue weighted by atomic mass is 9.75. The van der Waals surface area contributed by atoms with Crippen LogP contribution >= 0.6 is 0 Å². The fourth-order valence-electron chi connectivity index (χ4n) is 2.77. The second-order valence-corrected chi connectivity index (χ2v) is 5.90. The molecule has 1 saturated carbocycles. The van der Waals surface area contributed by atoms with Crippen LogP contribution in [0.5, 0.6) is 0 Å². The van der Waals surface area contributed by atoms with Gasteiger partial charge >= 0.3 is 12.1 Å². The molecule has 1 N–H and O–H groups in total.